The van der Waals surface area contributed by atoms with Crippen LogP contribution in [0.4, 0.5) is 17.5 Å². The Balaban J connectivity index is 1.36. The lowest BCUT2D eigenvalue weighted by molar-refractivity contribution is 0.483. The van der Waals surface area contributed by atoms with Gasteiger partial charge < -0.3 is 15.0 Å². The van der Waals surface area contributed by atoms with Crippen molar-refractivity contribution in [1.29, 1.82) is 0 Å². The molecule has 30 heavy (non-hydrogen) atoms. The Kier molecular flexibility index (Phi) is 6.10. The summed E-state index contributed by atoms with van der Waals surface area (Å²) < 4.78 is 5.82. The van der Waals surface area contributed by atoms with Crippen molar-refractivity contribution >= 4 is 17.5 Å². The predicted octanol–water partition coefficient (Wildman–Crippen LogP) is 4.48. The second kappa shape index (κ2) is 9.47. The Morgan fingerprint density at radius 1 is 0.900 bits per heavy atom. The highest BCUT2D eigenvalue weighted by molar-refractivity contribution is 5.55. The molecule has 2 aromatic carbocycles. The first-order valence-corrected chi connectivity index (χ1v) is 9.66. The van der Waals surface area contributed by atoms with Crippen LogP contribution < -0.4 is 15.0 Å². The monoisotopic (exact) mass is 398 g/mol. The van der Waals surface area contributed by atoms with E-state index in [1.807, 2.05) is 73.8 Å². The maximum Gasteiger partial charge on any atom is 0.249 e. The molecule has 1 N–H and O–H groups in total. The summed E-state index contributed by atoms with van der Waals surface area (Å²) in [7, 11) is 1.99. The summed E-state index contributed by atoms with van der Waals surface area (Å²) in [6.45, 7) is 0.813. The van der Waals surface area contributed by atoms with Gasteiger partial charge in [0.15, 0.2) is 5.82 Å². The van der Waals surface area contributed by atoms with Crippen molar-refractivity contribution in [1.82, 2.24) is 20.2 Å². The largest absolute Gasteiger partial charge is 0.457 e. The summed E-state index contributed by atoms with van der Waals surface area (Å²) >= 11 is 0. The molecule has 0 aliphatic carbocycles. The third-order valence-electron chi connectivity index (χ3n) is 4.51. The molecule has 0 saturated carbocycles. The number of rotatable bonds is 8. The molecule has 0 bridgehead atoms. The first-order chi connectivity index (χ1) is 14.8. The minimum absolute atomic E-state index is 0.444. The molecule has 7 heteroatoms. The van der Waals surface area contributed by atoms with E-state index in [0.717, 1.165) is 36.0 Å². The van der Waals surface area contributed by atoms with Crippen molar-refractivity contribution in [3.05, 3.63) is 90.9 Å². The lowest BCUT2D eigenvalue weighted by atomic mass is 10.2. The molecule has 0 aliphatic heterocycles. The molecule has 7 nitrogen and oxygen atoms in total. The van der Waals surface area contributed by atoms with Gasteiger partial charge in [0.2, 0.25) is 5.95 Å². The van der Waals surface area contributed by atoms with Crippen LogP contribution in [0.15, 0.2) is 85.3 Å². The highest BCUT2D eigenvalue weighted by Gasteiger charge is 2.07. The van der Waals surface area contributed by atoms with Gasteiger partial charge in [-0.05, 0) is 60.5 Å². The number of pyridine rings is 1. The van der Waals surface area contributed by atoms with Crippen LogP contribution in [0, 0.1) is 0 Å². The van der Waals surface area contributed by atoms with Crippen LogP contribution in [0.25, 0.3) is 0 Å². The van der Waals surface area contributed by atoms with Crippen LogP contribution in [-0.2, 0) is 6.42 Å². The average molecular weight is 398 g/mol. The molecule has 0 spiro atoms. The fourth-order valence-corrected chi connectivity index (χ4v) is 2.85. The summed E-state index contributed by atoms with van der Waals surface area (Å²) in [4.78, 5) is 10.7. The molecule has 0 radical (unpaired) electrons. The normalized spacial score (nSPS) is 10.4. The zero-order valence-corrected chi connectivity index (χ0v) is 16.6. The van der Waals surface area contributed by atoms with Crippen LogP contribution in [0.5, 0.6) is 11.5 Å². The highest BCUT2D eigenvalue weighted by atomic mass is 16.5. The lowest BCUT2D eigenvalue weighted by Gasteiger charge is -2.18. The first-order valence-electron chi connectivity index (χ1n) is 9.66. The van der Waals surface area contributed by atoms with Crippen LogP contribution in [-0.4, -0.2) is 33.8 Å². The highest BCUT2D eigenvalue weighted by Crippen LogP contribution is 2.23. The second-order valence-electron chi connectivity index (χ2n) is 6.73. The summed E-state index contributed by atoms with van der Waals surface area (Å²) in [5.74, 6) is 2.76. The van der Waals surface area contributed by atoms with Gasteiger partial charge in [0.05, 0.1) is 6.20 Å². The summed E-state index contributed by atoms with van der Waals surface area (Å²) in [5.41, 5.74) is 2.09. The van der Waals surface area contributed by atoms with E-state index in [9.17, 15) is 0 Å². The number of aromatic nitrogens is 4. The molecular weight excluding hydrogens is 376 g/mol. The minimum atomic E-state index is 0.444. The predicted molar refractivity (Wildman–Crippen MR) is 117 cm³/mol. The van der Waals surface area contributed by atoms with Gasteiger partial charge in [-0.25, -0.2) is 0 Å². The van der Waals surface area contributed by atoms with E-state index in [2.05, 4.69) is 30.4 Å². The van der Waals surface area contributed by atoms with Crippen molar-refractivity contribution in [2.24, 2.45) is 0 Å². The van der Waals surface area contributed by atoms with Crippen LogP contribution in [0.3, 0.4) is 0 Å². The summed E-state index contributed by atoms with van der Waals surface area (Å²) in [6.07, 6.45) is 6.17. The maximum absolute atomic E-state index is 5.82. The van der Waals surface area contributed by atoms with Crippen LogP contribution in [0.1, 0.15) is 5.56 Å². The summed E-state index contributed by atoms with van der Waals surface area (Å²) in [6, 6.07) is 21.3. The second-order valence-corrected chi connectivity index (χ2v) is 6.73. The molecule has 0 aliphatic rings. The molecule has 0 saturated heterocycles. The fourth-order valence-electron chi connectivity index (χ4n) is 2.85. The van der Waals surface area contributed by atoms with Gasteiger partial charge in [0, 0.05) is 31.7 Å². The van der Waals surface area contributed by atoms with Crippen molar-refractivity contribution in [3.8, 4) is 11.5 Å². The minimum Gasteiger partial charge on any atom is -0.457 e. The molecular formula is C23H22N6O. The molecule has 0 fully saturated rings. The van der Waals surface area contributed by atoms with E-state index in [4.69, 9.17) is 4.74 Å². The molecule has 2 aromatic heterocycles. The van der Waals surface area contributed by atoms with Gasteiger partial charge in [-0.2, -0.15) is 10.1 Å². The molecule has 2 heterocycles. The number of hydrogen-bond donors (Lipinski definition) is 1. The Hall–Kier alpha value is -4.00. The summed E-state index contributed by atoms with van der Waals surface area (Å²) in [5, 5.41) is 11.4. The van der Waals surface area contributed by atoms with Crippen molar-refractivity contribution in [3.63, 3.8) is 0 Å². The van der Waals surface area contributed by atoms with Crippen molar-refractivity contribution in [2.75, 3.05) is 23.8 Å². The number of nitrogens with one attached hydrogen (secondary N) is 1. The quantitative estimate of drug-likeness (QED) is 0.469. The van der Waals surface area contributed by atoms with E-state index < -0.39 is 0 Å². The lowest BCUT2D eigenvalue weighted by Crippen LogP contribution is -2.22. The number of para-hydroxylation sites is 1. The Bertz CT molecular complexity index is 1060. The van der Waals surface area contributed by atoms with E-state index >= 15 is 0 Å². The van der Waals surface area contributed by atoms with E-state index in [1.165, 1.54) is 5.56 Å². The molecule has 0 atom stereocenters. The maximum atomic E-state index is 5.82. The third-order valence-corrected chi connectivity index (χ3v) is 4.51. The molecule has 4 aromatic rings. The van der Waals surface area contributed by atoms with Crippen molar-refractivity contribution in [2.45, 2.75) is 6.42 Å². The van der Waals surface area contributed by atoms with E-state index in [0.29, 0.717) is 5.95 Å². The molecule has 0 amide bonds. The Morgan fingerprint density at radius 3 is 2.40 bits per heavy atom. The van der Waals surface area contributed by atoms with Crippen molar-refractivity contribution < 1.29 is 4.74 Å². The van der Waals surface area contributed by atoms with Gasteiger partial charge in [-0.15, -0.1) is 5.10 Å². The fraction of sp³-hybridized carbons (Fsp3) is 0.130. The van der Waals surface area contributed by atoms with Gasteiger partial charge in [0.1, 0.15) is 11.5 Å². The number of hydrogen-bond acceptors (Lipinski definition) is 7. The van der Waals surface area contributed by atoms with Gasteiger partial charge in [-0.1, -0.05) is 18.2 Å². The van der Waals surface area contributed by atoms with Gasteiger partial charge in [-0.3, -0.25) is 4.98 Å². The Labute approximate surface area is 175 Å². The van der Waals surface area contributed by atoms with Gasteiger partial charge in [0.25, 0.3) is 0 Å². The first kappa shape index (κ1) is 19.3. The number of benzene rings is 2. The standard InChI is InChI=1S/C23H22N6O/c1-29(16-13-18-11-14-24-15-12-18)22-17-25-28-23(27-22)26-19-7-9-21(10-8-19)30-20-5-3-2-4-6-20/h2-12,14-15,17H,13,16H2,1H3,(H,26,27,28). The van der Waals surface area contributed by atoms with Crippen LogP contribution in [0.2, 0.25) is 0 Å². The van der Waals surface area contributed by atoms with E-state index in [-0.39, 0.29) is 0 Å². The van der Waals surface area contributed by atoms with Crippen LogP contribution >= 0.6 is 0 Å². The molecule has 4 rings (SSSR count). The van der Waals surface area contributed by atoms with Gasteiger partial charge >= 0.3 is 0 Å². The number of anilines is 3. The number of ether oxygens (including phenoxy) is 1. The topological polar surface area (TPSA) is 76.1 Å². The average Bonchev–Trinajstić information content (AvgIpc) is 2.80. The number of likely N-dealkylation sites (N-methyl/N-ethyl adjacent to an activating group) is 1. The molecule has 150 valence electrons. The van der Waals surface area contributed by atoms with E-state index in [1.54, 1.807) is 18.6 Å². The SMILES string of the molecule is CN(CCc1ccncc1)c1cnnc(Nc2ccc(Oc3ccccc3)cc2)n1. The Morgan fingerprint density at radius 2 is 1.63 bits per heavy atom. The molecule has 0 unspecified atom stereocenters. The third kappa shape index (κ3) is 5.29. The zero-order chi connectivity index (χ0) is 20.6. The smallest absolute Gasteiger partial charge is 0.249 e. The number of nitrogens with zero attached hydrogens (tertiary/aromatic N) is 5. The zero-order valence-electron chi connectivity index (χ0n) is 16.6.